The fraction of sp³-hybridized carbons (Fsp3) is 0.500. The summed E-state index contributed by atoms with van der Waals surface area (Å²) >= 11 is 11.9. The minimum Gasteiger partial charge on any atom is -0.321 e. The van der Waals surface area contributed by atoms with Gasteiger partial charge in [0.05, 0.1) is 10.0 Å². The average Bonchev–Trinajstić information content (AvgIpc) is 2.53. The summed E-state index contributed by atoms with van der Waals surface area (Å²) in [6.45, 7) is 2.20. The maximum atomic E-state index is 6.44. The first-order valence-electron chi connectivity index (χ1n) is 5.28. The van der Waals surface area contributed by atoms with Gasteiger partial charge in [-0.2, -0.15) is 0 Å². The standard InChI is InChI=1S/C12H15Cl2N/c1-8-3-2-6-12(8,15)9-4-5-10(13)11(14)7-9/h4-5,7-8H,2-3,6,15H2,1H3. The Hall–Kier alpha value is -0.240. The minimum atomic E-state index is -0.214. The summed E-state index contributed by atoms with van der Waals surface area (Å²) in [5.74, 6) is 0.509. The van der Waals surface area contributed by atoms with Crippen LogP contribution in [-0.4, -0.2) is 0 Å². The monoisotopic (exact) mass is 243 g/mol. The second kappa shape index (κ2) is 3.97. The molecule has 2 atom stereocenters. The van der Waals surface area contributed by atoms with E-state index >= 15 is 0 Å². The molecule has 2 unspecified atom stereocenters. The molecule has 0 amide bonds. The van der Waals surface area contributed by atoms with Crippen molar-refractivity contribution >= 4 is 23.2 Å². The van der Waals surface area contributed by atoms with Crippen molar-refractivity contribution in [2.45, 2.75) is 31.7 Å². The van der Waals surface area contributed by atoms with Crippen LogP contribution in [0.5, 0.6) is 0 Å². The van der Waals surface area contributed by atoms with Crippen molar-refractivity contribution in [1.82, 2.24) is 0 Å². The van der Waals surface area contributed by atoms with Crippen LogP contribution in [0.1, 0.15) is 31.7 Å². The van der Waals surface area contributed by atoms with E-state index in [2.05, 4.69) is 6.92 Å². The molecule has 0 spiro atoms. The van der Waals surface area contributed by atoms with E-state index in [1.165, 1.54) is 12.8 Å². The smallest absolute Gasteiger partial charge is 0.0595 e. The summed E-state index contributed by atoms with van der Waals surface area (Å²) in [5.41, 5.74) is 7.34. The molecule has 1 nitrogen and oxygen atoms in total. The molecule has 0 aliphatic heterocycles. The SMILES string of the molecule is CC1CCCC1(N)c1ccc(Cl)c(Cl)c1. The molecule has 0 bridgehead atoms. The molecule has 1 fully saturated rings. The van der Waals surface area contributed by atoms with Gasteiger partial charge in [0.1, 0.15) is 0 Å². The largest absolute Gasteiger partial charge is 0.321 e. The topological polar surface area (TPSA) is 26.0 Å². The summed E-state index contributed by atoms with van der Waals surface area (Å²) in [6.07, 6.45) is 3.42. The molecule has 1 aliphatic rings. The Morgan fingerprint density at radius 2 is 2.07 bits per heavy atom. The predicted molar refractivity (Wildman–Crippen MR) is 65.3 cm³/mol. The van der Waals surface area contributed by atoms with Crippen LogP contribution in [0.4, 0.5) is 0 Å². The molecule has 15 heavy (non-hydrogen) atoms. The van der Waals surface area contributed by atoms with Gasteiger partial charge in [0.2, 0.25) is 0 Å². The quantitative estimate of drug-likeness (QED) is 0.794. The van der Waals surface area contributed by atoms with Crippen LogP contribution in [0, 0.1) is 5.92 Å². The van der Waals surface area contributed by atoms with E-state index in [1.54, 1.807) is 0 Å². The highest BCUT2D eigenvalue weighted by Gasteiger charge is 2.38. The van der Waals surface area contributed by atoms with Crippen molar-refractivity contribution in [3.05, 3.63) is 33.8 Å². The molecule has 82 valence electrons. The van der Waals surface area contributed by atoms with Gasteiger partial charge in [0.25, 0.3) is 0 Å². The Morgan fingerprint density at radius 1 is 1.33 bits per heavy atom. The normalized spacial score (nSPS) is 30.8. The van der Waals surface area contributed by atoms with Crippen LogP contribution in [0.25, 0.3) is 0 Å². The summed E-state index contributed by atoms with van der Waals surface area (Å²) in [6, 6.07) is 5.74. The van der Waals surface area contributed by atoms with Crippen molar-refractivity contribution in [2.75, 3.05) is 0 Å². The van der Waals surface area contributed by atoms with Crippen molar-refractivity contribution < 1.29 is 0 Å². The minimum absolute atomic E-state index is 0.214. The number of halogens is 2. The van der Waals surface area contributed by atoms with Crippen LogP contribution in [0.2, 0.25) is 10.0 Å². The van der Waals surface area contributed by atoms with Crippen molar-refractivity contribution in [1.29, 1.82) is 0 Å². The van der Waals surface area contributed by atoms with E-state index in [-0.39, 0.29) is 5.54 Å². The Labute approximate surface area is 101 Å². The maximum Gasteiger partial charge on any atom is 0.0595 e. The van der Waals surface area contributed by atoms with E-state index in [1.807, 2.05) is 18.2 Å². The molecule has 0 heterocycles. The Morgan fingerprint density at radius 3 is 2.60 bits per heavy atom. The molecule has 0 radical (unpaired) electrons. The molecule has 0 saturated heterocycles. The van der Waals surface area contributed by atoms with Gasteiger partial charge in [0.15, 0.2) is 0 Å². The van der Waals surface area contributed by atoms with Gasteiger partial charge in [-0.1, -0.05) is 42.6 Å². The molecule has 1 saturated carbocycles. The van der Waals surface area contributed by atoms with Crippen molar-refractivity contribution in [3.63, 3.8) is 0 Å². The van der Waals surface area contributed by atoms with Gasteiger partial charge in [0, 0.05) is 5.54 Å². The summed E-state index contributed by atoms with van der Waals surface area (Å²) in [7, 11) is 0. The number of rotatable bonds is 1. The molecule has 1 aromatic rings. The van der Waals surface area contributed by atoms with Crippen LogP contribution >= 0.6 is 23.2 Å². The highest BCUT2D eigenvalue weighted by atomic mass is 35.5. The molecule has 1 aromatic carbocycles. The lowest BCUT2D eigenvalue weighted by Gasteiger charge is -2.30. The summed E-state index contributed by atoms with van der Waals surface area (Å²) < 4.78 is 0. The lowest BCUT2D eigenvalue weighted by atomic mass is 9.82. The van der Waals surface area contributed by atoms with E-state index in [0.717, 1.165) is 12.0 Å². The van der Waals surface area contributed by atoms with E-state index in [9.17, 15) is 0 Å². The highest BCUT2D eigenvalue weighted by molar-refractivity contribution is 6.42. The van der Waals surface area contributed by atoms with E-state index < -0.39 is 0 Å². The molecule has 1 aliphatic carbocycles. The molecule has 2 rings (SSSR count). The fourth-order valence-corrected chi connectivity index (χ4v) is 2.72. The zero-order valence-electron chi connectivity index (χ0n) is 8.76. The third kappa shape index (κ3) is 1.89. The fourth-order valence-electron chi connectivity index (χ4n) is 2.42. The van der Waals surface area contributed by atoms with Gasteiger partial charge >= 0.3 is 0 Å². The molecule has 0 aromatic heterocycles. The third-order valence-corrected chi connectivity index (χ3v) is 4.30. The highest BCUT2D eigenvalue weighted by Crippen LogP contribution is 2.42. The van der Waals surface area contributed by atoms with Gasteiger partial charge in [-0.25, -0.2) is 0 Å². The Bertz CT molecular complexity index is 378. The summed E-state index contributed by atoms with van der Waals surface area (Å²) in [4.78, 5) is 0. The molecule has 2 N–H and O–H groups in total. The third-order valence-electron chi connectivity index (χ3n) is 3.56. The Kier molecular flexibility index (Phi) is 2.98. The van der Waals surface area contributed by atoms with E-state index in [0.29, 0.717) is 16.0 Å². The molecular weight excluding hydrogens is 229 g/mol. The lowest BCUT2D eigenvalue weighted by molar-refractivity contribution is 0.349. The Balaban J connectivity index is 2.40. The number of hydrogen-bond donors (Lipinski definition) is 1. The van der Waals surface area contributed by atoms with Crippen molar-refractivity contribution in [3.8, 4) is 0 Å². The first-order valence-corrected chi connectivity index (χ1v) is 6.04. The molecular formula is C12H15Cl2N. The van der Waals surface area contributed by atoms with Crippen molar-refractivity contribution in [2.24, 2.45) is 11.7 Å². The number of nitrogens with two attached hydrogens (primary N) is 1. The van der Waals surface area contributed by atoms with Crippen LogP contribution in [0.3, 0.4) is 0 Å². The average molecular weight is 244 g/mol. The van der Waals surface area contributed by atoms with Crippen LogP contribution in [-0.2, 0) is 5.54 Å². The molecule has 3 heteroatoms. The first kappa shape index (κ1) is 11.3. The van der Waals surface area contributed by atoms with Crippen LogP contribution < -0.4 is 5.73 Å². The zero-order valence-corrected chi connectivity index (χ0v) is 10.3. The lowest BCUT2D eigenvalue weighted by Crippen LogP contribution is -2.39. The van der Waals surface area contributed by atoms with E-state index in [4.69, 9.17) is 28.9 Å². The zero-order chi connectivity index (χ0) is 11.1. The predicted octanol–water partition coefficient (Wildman–Crippen LogP) is 3.97. The first-order chi connectivity index (χ1) is 7.04. The number of benzene rings is 1. The van der Waals surface area contributed by atoms with Gasteiger partial charge < -0.3 is 5.73 Å². The number of hydrogen-bond acceptors (Lipinski definition) is 1. The van der Waals surface area contributed by atoms with Crippen LogP contribution in [0.15, 0.2) is 18.2 Å². The second-order valence-corrected chi connectivity index (χ2v) is 5.28. The van der Waals surface area contributed by atoms with Gasteiger partial charge in [-0.05, 0) is 36.5 Å². The maximum absolute atomic E-state index is 6.44. The summed E-state index contributed by atoms with van der Waals surface area (Å²) in [5, 5.41) is 1.19. The second-order valence-electron chi connectivity index (χ2n) is 4.46. The van der Waals surface area contributed by atoms with Gasteiger partial charge in [-0.15, -0.1) is 0 Å². The van der Waals surface area contributed by atoms with Gasteiger partial charge in [-0.3, -0.25) is 0 Å².